The van der Waals surface area contributed by atoms with Gasteiger partial charge >= 0.3 is 0 Å². The number of rotatable bonds is 4. The minimum Gasteiger partial charge on any atom is -0.508 e. The maximum Gasteiger partial charge on any atom is 0.225 e. The fraction of sp³-hybridized carbons (Fsp3) is 0.500. The van der Waals surface area contributed by atoms with Gasteiger partial charge in [0.2, 0.25) is 5.91 Å². The van der Waals surface area contributed by atoms with Gasteiger partial charge in [-0.1, -0.05) is 31.3 Å². The van der Waals surface area contributed by atoms with Crippen LogP contribution in [0, 0.1) is 5.92 Å². The number of amides is 1. The van der Waals surface area contributed by atoms with Crippen LogP contribution in [0.3, 0.4) is 0 Å². The molecule has 0 aliphatic heterocycles. The van der Waals surface area contributed by atoms with Crippen LogP contribution in [0.2, 0.25) is 0 Å². The van der Waals surface area contributed by atoms with E-state index in [1.54, 1.807) is 18.2 Å². The molecule has 1 fully saturated rings. The van der Waals surface area contributed by atoms with Crippen molar-refractivity contribution in [1.82, 2.24) is 5.32 Å². The minimum atomic E-state index is -0.546. The van der Waals surface area contributed by atoms with Crippen molar-refractivity contribution in [2.75, 3.05) is 0 Å². The van der Waals surface area contributed by atoms with Crippen molar-refractivity contribution >= 4 is 23.1 Å². The molecular weight excluding hydrogens is 284 g/mol. The highest BCUT2D eigenvalue weighted by Gasteiger charge is 2.38. The molecule has 21 heavy (non-hydrogen) atoms. The second kappa shape index (κ2) is 6.43. The molecule has 114 valence electrons. The van der Waals surface area contributed by atoms with Crippen LogP contribution in [0.4, 0.5) is 0 Å². The zero-order valence-electron chi connectivity index (χ0n) is 12.3. The Hall–Kier alpha value is -1.62. The van der Waals surface area contributed by atoms with Crippen LogP contribution >= 0.6 is 12.2 Å². The second-order valence-electron chi connectivity index (χ2n) is 6.02. The lowest BCUT2D eigenvalue weighted by Gasteiger charge is -2.39. The van der Waals surface area contributed by atoms with Crippen molar-refractivity contribution in [3.05, 3.63) is 29.8 Å². The summed E-state index contributed by atoms with van der Waals surface area (Å²) in [5, 5.41) is 12.5. The van der Waals surface area contributed by atoms with Crippen LogP contribution in [0.25, 0.3) is 0 Å². The molecule has 4 N–H and O–H groups in total. The molecule has 0 radical (unpaired) electrons. The number of benzene rings is 1. The van der Waals surface area contributed by atoms with E-state index in [1.165, 1.54) is 0 Å². The van der Waals surface area contributed by atoms with Gasteiger partial charge < -0.3 is 16.2 Å². The van der Waals surface area contributed by atoms with E-state index < -0.39 is 5.54 Å². The van der Waals surface area contributed by atoms with Crippen molar-refractivity contribution in [3.8, 4) is 5.75 Å². The molecule has 1 aliphatic carbocycles. The molecule has 4 nitrogen and oxygen atoms in total. The summed E-state index contributed by atoms with van der Waals surface area (Å²) in [5.74, 6) is 0.703. The Bertz CT molecular complexity index is 537. The molecule has 1 aliphatic rings. The quantitative estimate of drug-likeness (QED) is 0.746. The largest absolute Gasteiger partial charge is 0.508 e. The maximum atomic E-state index is 12.3. The summed E-state index contributed by atoms with van der Waals surface area (Å²) >= 11 is 5.19. The number of hydrogen-bond acceptors (Lipinski definition) is 3. The Morgan fingerprint density at radius 1 is 1.48 bits per heavy atom. The van der Waals surface area contributed by atoms with Gasteiger partial charge in [-0.15, -0.1) is 0 Å². The van der Waals surface area contributed by atoms with Crippen LogP contribution in [-0.2, 0) is 11.2 Å². The Morgan fingerprint density at radius 3 is 2.71 bits per heavy atom. The third-order valence-electron chi connectivity index (χ3n) is 4.25. The van der Waals surface area contributed by atoms with E-state index >= 15 is 0 Å². The first-order valence-electron chi connectivity index (χ1n) is 7.30. The first-order chi connectivity index (χ1) is 9.91. The van der Waals surface area contributed by atoms with Crippen molar-refractivity contribution in [3.63, 3.8) is 0 Å². The monoisotopic (exact) mass is 306 g/mol. The van der Waals surface area contributed by atoms with Crippen LogP contribution < -0.4 is 11.1 Å². The average Bonchev–Trinajstić information content (AvgIpc) is 2.41. The van der Waals surface area contributed by atoms with Crippen LogP contribution in [-0.4, -0.2) is 21.5 Å². The summed E-state index contributed by atoms with van der Waals surface area (Å²) in [7, 11) is 0. The molecule has 0 saturated heterocycles. The number of phenols is 1. The Kier molecular flexibility index (Phi) is 4.83. The fourth-order valence-electron chi connectivity index (χ4n) is 2.85. The third-order valence-corrected chi connectivity index (χ3v) is 4.64. The van der Waals surface area contributed by atoms with E-state index in [4.69, 9.17) is 18.0 Å². The summed E-state index contributed by atoms with van der Waals surface area (Å²) in [4.78, 5) is 12.6. The topological polar surface area (TPSA) is 75.3 Å². The van der Waals surface area contributed by atoms with Crippen LogP contribution in [0.15, 0.2) is 24.3 Å². The maximum absolute atomic E-state index is 12.3. The Balaban J connectivity index is 2.04. The summed E-state index contributed by atoms with van der Waals surface area (Å²) in [5.41, 5.74) is 6.12. The predicted molar refractivity (Wildman–Crippen MR) is 87.1 cm³/mol. The standard InChI is InChI=1S/C16H22N2O2S/c1-11-5-7-16(8-6-11,15(17)21)18-14(20)10-12-3-2-4-13(19)9-12/h2-4,9,11,19H,5-8,10H2,1H3,(H2,17,21)(H,18,20). The van der Waals surface area contributed by atoms with Crippen LogP contribution in [0.1, 0.15) is 38.2 Å². The van der Waals surface area contributed by atoms with Crippen LogP contribution in [0.5, 0.6) is 5.75 Å². The van der Waals surface area contributed by atoms with E-state index in [9.17, 15) is 9.90 Å². The zero-order chi connectivity index (χ0) is 15.5. The number of carbonyl (C=O) groups is 1. The van der Waals surface area contributed by atoms with E-state index in [0.29, 0.717) is 10.9 Å². The van der Waals surface area contributed by atoms with Gasteiger partial charge in [0, 0.05) is 0 Å². The first kappa shape index (κ1) is 15.8. The van der Waals surface area contributed by atoms with E-state index in [2.05, 4.69) is 12.2 Å². The van der Waals surface area contributed by atoms with E-state index in [0.717, 1.165) is 31.2 Å². The van der Waals surface area contributed by atoms with Gasteiger partial charge in [-0.05, 0) is 49.3 Å². The number of carbonyl (C=O) groups excluding carboxylic acids is 1. The Labute approximate surface area is 130 Å². The molecule has 1 amide bonds. The molecule has 0 atom stereocenters. The summed E-state index contributed by atoms with van der Waals surface area (Å²) in [6.07, 6.45) is 3.85. The third kappa shape index (κ3) is 3.94. The lowest BCUT2D eigenvalue weighted by Crippen LogP contribution is -2.58. The minimum absolute atomic E-state index is 0.108. The van der Waals surface area contributed by atoms with Gasteiger partial charge in [0.1, 0.15) is 5.75 Å². The first-order valence-corrected chi connectivity index (χ1v) is 7.71. The highest BCUT2D eigenvalue weighted by molar-refractivity contribution is 7.80. The smallest absolute Gasteiger partial charge is 0.225 e. The molecule has 2 rings (SSSR count). The van der Waals surface area contributed by atoms with Crippen molar-refractivity contribution in [1.29, 1.82) is 0 Å². The zero-order valence-corrected chi connectivity index (χ0v) is 13.1. The average molecular weight is 306 g/mol. The molecule has 1 aromatic rings. The highest BCUT2D eigenvalue weighted by atomic mass is 32.1. The van der Waals surface area contributed by atoms with Gasteiger partial charge in [0.15, 0.2) is 0 Å². The number of thiocarbonyl (C=S) groups is 1. The second-order valence-corrected chi connectivity index (χ2v) is 6.46. The molecule has 5 heteroatoms. The number of phenolic OH excluding ortho intramolecular Hbond substituents is 1. The fourth-order valence-corrected chi connectivity index (χ4v) is 3.11. The van der Waals surface area contributed by atoms with Crippen molar-refractivity contribution in [2.24, 2.45) is 11.7 Å². The number of nitrogens with two attached hydrogens (primary N) is 1. The summed E-state index contributed by atoms with van der Waals surface area (Å²) in [6.45, 7) is 2.21. The van der Waals surface area contributed by atoms with Crippen molar-refractivity contribution in [2.45, 2.75) is 44.6 Å². The summed E-state index contributed by atoms with van der Waals surface area (Å²) < 4.78 is 0. The predicted octanol–water partition coefficient (Wildman–Crippen LogP) is 2.29. The molecule has 0 heterocycles. The number of nitrogens with one attached hydrogen (secondary N) is 1. The SMILES string of the molecule is CC1CCC(NC(=O)Cc2cccc(O)c2)(C(N)=S)CC1. The van der Waals surface area contributed by atoms with Gasteiger partial charge in [0.25, 0.3) is 0 Å². The highest BCUT2D eigenvalue weighted by Crippen LogP contribution is 2.32. The summed E-state index contributed by atoms with van der Waals surface area (Å²) in [6, 6.07) is 6.72. The molecule has 1 saturated carbocycles. The molecule has 1 aromatic carbocycles. The van der Waals surface area contributed by atoms with Crippen molar-refractivity contribution < 1.29 is 9.90 Å². The van der Waals surface area contributed by atoms with Gasteiger partial charge in [-0.3, -0.25) is 4.79 Å². The molecule has 0 bridgehead atoms. The lowest BCUT2D eigenvalue weighted by atomic mass is 9.77. The molecule has 0 aromatic heterocycles. The number of hydrogen-bond donors (Lipinski definition) is 3. The van der Waals surface area contributed by atoms with Gasteiger partial charge in [0.05, 0.1) is 16.9 Å². The Morgan fingerprint density at radius 2 is 2.14 bits per heavy atom. The lowest BCUT2D eigenvalue weighted by molar-refractivity contribution is -0.122. The van der Waals surface area contributed by atoms with E-state index in [-0.39, 0.29) is 18.1 Å². The molecule has 0 spiro atoms. The molecular formula is C16H22N2O2S. The van der Waals surface area contributed by atoms with E-state index in [1.807, 2.05) is 6.07 Å². The number of aromatic hydroxyl groups is 1. The molecule has 0 unspecified atom stereocenters. The van der Waals surface area contributed by atoms with Gasteiger partial charge in [-0.25, -0.2) is 0 Å². The van der Waals surface area contributed by atoms with Gasteiger partial charge in [-0.2, -0.15) is 0 Å². The normalized spacial score (nSPS) is 25.3.